The van der Waals surface area contributed by atoms with Crippen molar-refractivity contribution in [2.24, 2.45) is 4.99 Å². The molecule has 33 heavy (non-hydrogen) atoms. The molecule has 174 valence electrons. The highest BCUT2D eigenvalue weighted by atomic mass is 19.3. The Morgan fingerprint density at radius 1 is 1.30 bits per heavy atom. The zero-order chi connectivity index (χ0) is 23.0. The molecule has 0 atom stereocenters. The number of halogens is 2. The van der Waals surface area contributed by atoms with Crippen molar-refractivity contribution in [1.29, 1.82) is 0 Å². The average Bonchev–Trinajstić information content (AvgIpc) is 3.23. The molecule has 1 fully saturated rings. The summed E-state index contributed by atoms with van der Waals surface area (Å²) in [6, 6.07) is 7.76. The van der Waals surface area contributed by atoms with Gasteiger partial charge in [0, 0.05) is 24.0 Å². The van der Waals surface area contributed by atoms with Gasteiger partial charge in [-0.2, -0.15) is 4.98 Å². The fourth-order valence-corrected chi connectivity index (χ4v) is 4.35. The summed E-state index contributed by atoms with van der Waals surface area (Å²) >= 11 is 0. The molecule has 0 saturated heterocycles. The van der Waals surface area contributed by atoms with Crippen LogP contribution in [-0.4, -0.2) is 57.1 Å². The number of nitrogens with one attached hydrogen (secondary N) is 2. The topological polar surface area (TPSA) is 96.1 Å². The van der Waals surface area contributed by atoms with E-state index in [1.54, 1.807) is 10.7 Å². The first kappa shape index (κ1) is 21.6. The van der Waals surface area contributed by atoms with Crippen molar-refractivity contribution in [3.8, 4) is 17.0 Å². The van der Waals surface area contributed by atoms with Gasteiger partial charge in [-0.15, -0.1) is 5.10 Å². The Kier molecular flexibility index (Phi) is 5.61. The molecular formula is C23H26F2N6O2. The van der Waals surface area contributed by atoms with Gasteiger partial charge in [0.1, 0.15) is 5.52 Å². The maximum absolute atomic E-state index is 13.0. The summed E-state index contributed by atoms with van der Waals surface area (Å²) in [6.07, 6.45) is 3.83. The van der Waals surface area contributed by atoms with Crippen molar-refractivity contribution in [3.05, 3.63) is 30.5 Å². The summed E-state index contributed by atoms with van der Waals surface area (Å²) < 4.78 is 33.0. The van der Waals surface area contributed by atoms with Crippen LogP contribution in [0.15, 0.2) is 35.5 Å². The molecule has 8 nitrogen and oxygen atoms in total. The number of rotatable bonds is 6. The van der Waals surface area contributed by atoms with Gasteiger partial charge in [-0.1, -0.05) is 6.07 Å². The van der Waals surface area contributed by atoms with Gasteiger partial charge in [-0.3, -0.25) is 4.99 Å². The van der Waals surface area contributed by atoms with Crippen LogP contribution in [0, 0.1) is 0 Å². The molecule has 3 heterocycles. The summed E-state index contributed by atoms with van der Waals surface area (Å²) in [5, 5.41) is 21.3. The summed E-state index contributed by atoms with van der Waals surface area (Å²) in [4.78, 5) is 8.82. The zero-order valence-electron chi connectivity index (χ0n) is 18.3. The third kappa shape index (κ3) is 4.61. The summed E-state index contributed by atoms with van der Waals surface area (Å²) in [5.41, 5.74) is 3.26. The van der Waals surface area contributed by atoms with E-state index in [-0.39, 0.29) is 11.9 Å². The third-order valence-electron chi connectivity index (χ3n) is 6.14. The van der Waals surface area contributed by atoms with Crippen LogP contribution in [0.25, 0.3) is 16.6 Å². The molecule has 3 N–H and O–H groups in total. The van der Waals surface area contributed by atoms with Gasteiger partial charge in [-0.05, 0) is 56.4 Å². The summed E-state index contributed by atoms with van der Waals surface area (Å²) in [7, 11) is 0. The van der Waals surface area contributed by atoms with E-state index in [9.17, 15) is 13.9 Å². The smallest absolute Gasteiger partial charge is 0.272 e. The molecule has 1 aliphatic carbocycles. The number of hydrogen-bond donors (Lipinski definition) is 3. The Morgan fingerprint density at radius 3 is 2.91 bits per heavy atom. The largest absolute Gasteiger partial charge is 0.470 e. The monoisotopic (exact) mass is 456 g/mol. The Bertz CT molecular complexity index is 1180. The van der Waals surface area contributed by atoms with Crippen LogP contribution < -0.4 is 15.4 Å². The first-order chi connectivity index (χ1) is 15.9. The minimum absolute atomic E-state index is 0.0907. The van der Waals surface area contributed by atoms with E-state index in [1.807, 2.05) is 37.4 Å². The number of alkyl halides is 2. The minimum Gasteiger partial charge on any atom is -0.470 e. The van der Waals surface area contributed by atoms with Crippen molar-refractivity contribution in [3.63, 3.8) is 0 Å². The molecule has 5 rings (SSSR count). The van der Waals surface area contributed by atoms with Crippen molar-refractivity contribution in [2.75, 3.05) is 23.8 Å². The lowest BCUT2D eigenvalue weighted by molar-refractivity contribution is 0.0195. The van der Waals surface area contributed by atoms with Gasteiger partial charge in [0.15, 0.2) is 6.61 Å². The molecule has 0 spiro atoms. The Morgan fingerprint density at radius 2 is 2.12 bits per heavy atom. The van der Waals surface area contributed by atoms with Gasteiger partial charge in [0.2, 0.25) is 11.8 Å². The highest BCUT2D eigenvalue weighted by molar-refractivity contribution is 5.89. The lowest BCUT2D eigenvalue weighted by Crippen LogP contribution is -2.36. The average molecular weight is 456 g/mol. The van der Waals surface area contributed by atoms with Crippen molar-refractivity contribution in [1.82, 2.24) is 14.6 Å². The predicted molar refractivity (Wildman–Crippen MR) is 123 cm³/mol. The van der Waals surface area contributed by atoms with Crippen molar-refractivity contribution >= 4 is 29.1 Å². The van der Waals surface area contributed by atoms with Crippen molar-refractivity contribution in [2.45, 2.75) is 50.7 Å². The number of nitrogens with zero attached hydrogens (tertiary/aromatic N) is 4. The lowest BCUT2D eigenvalue weighted by Gasteiger charge is -2.33. The second-order valence-electron chi connectivity index (χ2n) is 8.81. The molecule has 0 bridgehead atoms. The molecule has 3 aromatic rings. The Hall–Kier alpha value is -3.27. The molecule has 1 aliphatic heterocycles. The van der Waals surface area contributed by atoms with Crippen LogP contribution in [0.2, 0.25) is 0 Å². The van der Waals surface area contributed by atoms with E-state index in [0.29, 0.717) is 30.9 Å². The van der Waals surface area contributed by atoms with Gasteiger partial charge in [0.25, 0.3) is 6.43 Å². The van der Waals surface area contributed by atoms with Crippen LogP contribution >= 0.6 is 0 Å². The van der Waals surface area contributed by atoms with Gasteiger partial charge < -0.3 is 20.5 Å². The van der Waals surface area contributed by atoms with E-state index in [1.165, 1.54) is 0 Å². The first-order valence-corrected chi connectivity index (χ1v) is 11.1. The van der Waals surface area contributed by atoms with Crippen LogP contribution in [0.1, 0.15) is 32.6 Å². The van der Waals surface area contributed by atoms with Crippen molar-refractivity contribution < 1.29 is 18.6 Å². The quantitative estimate of drug-likeness (QED) is 0.513. The SMILES string of the molecule is CC1(O)CCC(Nc2nc(OCC(F)F)c3c(-c4ccc5c(c4)NCC=N5)ccn3n2)CC1. The Labute approximate surface area is 189 Å². The normalized spacial score (nSPS) is 22.3. The van der Waals surface area contributed by atoms with E-state index < -0.39 is 18.6 Å². The number of aromatic nitrogens is 3. The number of fused-ring (bicyclic) bond motifs is 2. The molecule has 2 aromatic heterocycles. The fraction of sp³-hybridized carbons (Fsp3) is 0.435. The predicted octanol–water partition coefficient (Wildman–Crippen LogP) is 4.27. The number of ether oxygens (including phenoxy) is 1. The summed E-state index contributed by atoms with van der Waals surface area (Å²) in [6.45, 7) is 1.72. The molecule has 1 aromatic carbocycles. The van der Waals surface area contributed by atoms with Crippen LogP contribution in [0.5, 0.6) is 5.88 Å². The van der Waals surface area contributed by atoms with E-state index >= 15 is 0 Å². The molecule has 0 radical (unpaired) electrons. The van der Waals surface area contributed by atoms with Crippen LogP contribution in [0.4, 0.5) is 26.1 Å². The molecule has 0 amide bonds. The number of aliphatic hydroxyl groups is 1. The molecule has 0 unspecified atom stereocenters. The van der Waals surface area contributed by atoms with Crippen LogP contribution in [0.3, 0.4) is 0 Å². The second-order valence-corrected chi connectivity index (χ2v) is 8.81. The Balaban J connectivity index is 1.49. The standard InChI is InChI=1S/C23H26F2N6O2/c1-23(32)7-4-15(5-8-23)28-22-29-21(33-13-19(24)25)20-16(6-11-31(20)30-22)14-2-3-17-18(12-14)27-10-9-26-17/h2-3,6,9,11-12,15,19,27,32H,4-5,7-8,10,13H2,1H3,(H,28,30). The molecular weight excluding hydrogens is 430 g/mol. The number of aliphatic imine (C=N–C) groups is 1. The van der Waals surface area contributed by atoms with E-state index in [4.69, 9.17) is 4.74 Å². The molecule has 10 heteroatoms. The highest BCUT2D eigenvalue weighted by Crippen LogP contribution is 2.37. The lowest BCUT2D eigenvalue weighted by atomic mass is 9.84. The first-order valence-electron chi connectivity index (χ1n) is 11.1. The fourth-order valence-electron chi connectivity index (χ4n) is 4.35. The minimum atomic E-state index is -2.62. The highest BCUT2D eigenvalue weighted by Gasteiger charge is 2.29. The maximum Gasteiger partial charge on any atom is 0.272 e. The summed E-state index contributed by atoms with van der Waals surface area (Å²) in [5.74, 6) is 0.404. The van der Waals surface area contributed by atoms with Gasteiger partial charge in [-0.25, -0.2) is 13.3 Å². The van der Waals surface area contributed by atoms with Gasteiger partial charge >= 0.3 is 0 Å². The third-order valence-corrected chi connectivity index (χ3v) is 6.14. The van der Waals surface area contributed by atoms with E-state index in [0.717, 1.165) is 35.3 Å². The van der Waals surface area contributed by atoms with E-state index in [2.05, 4.69) is 25.7 Å². The van der Waals surface area contributed by atoms with Gasteiger partial charge in [0.05, 0.1) is 23.5 Å². The second kappa shape index (κ2) is 8.58. The van der Waals surface area contributed by atoms with Crippen LogP contribution in [-0.2, 0) is 0 Å². The number of benzene rings is 1. The number of hydrogen-bond acceptors (Lipinski definition) is 7. The molecule has 2 aliphatic rings. The number of anilines is 2. The maximum atomic E-state index is 13.0. The zero-order valence-corrected chi connectivity index (χ0v) is 18.3. The molecule has 1 saturated carbocycles.